The van der Waals surface area contributed by atoms with Crippen LogP contribution in [0.2, 0.25) is 0 Å². The molecule has 0 bridgehead atoms. The summed E-state index contributed by atoms with van der Waals surface area (Å²) in [5.41, 5.74) is 5.32. The van der Waals surface area contributed by atoms with Gasteiger partial charge in [0.1, 0.15) is 5.82 Å². The second-order valence-electron chi connectivity index (χ2n) is 7.21. The molecule has 5 nitrogen and oxygen atoms in total. The Bertz CT molecular complexity index is 1200. The number of nitrogens with zero attached hydrogens (tertiary/aromatic N) is 3. The first-order valence-corrected chi connectivity index (χ1v) is 9.78. The van der Waals surface area contributed by atoms with Gasteiger partial charge in [0.15, 0.2) is 5.65 Å². The molecule has 2 aromatic carbocycles. The molecule has 0 fully saturated rings. The number of amides is 1. The lowest BCUT2D eigenvalue weighted by Gasteiger charge is -2.11. The summed E-state index contributed by atoms with van der Waals surface area (Å²) in [6, 6.07) is 14.6. The second-order valence-corrected chi connectivity index (χ2v) is 7.21. The zero-order valence-electron chi connectivity index (χ0n) is 16.6. The second kappa shape index (κ2) is 7.99. The van der Waals surface area contributed by atoms with E-state index >= 15 is 0 Å². The molecule has 2 aromatic heterocycles. The fraction of sp³-hybridized carbons (Fsp3) is 0.261. The van der Waals surface area contributed by atoms with Crippen LogP contribution in [0, 0.1) is 19.7 Å². The van der Waals surface area contributed by atoms with Crippen LogP contribution >= 0.6 is 0 Å². The summed E-state index contributed by atoms with van der Waals surface area (Å²) in [5.74, 6) is -0.287. The van der Waals surface area contributed by atoms with Crippen LogP contribution < -0.4 is 5.32 Å². The third kappa shape index (κ3) is 3.83. The van der Waals surface area contributed by atoms with Gasteiger partial charge in [-0.2, -0.15) is 5.10 Å². The lowest BCUT2D eigenvalue weighted by Crippen LogP contribution is -2.26. The minimum atomic E-state index is -0.237. The Morgan fingerprint density at radius 2 is 1.83 bits per heavy atom. The number of hydrogen-bond acceptors (Lipinski definition) is 3. The van der Waals surface area contributed by atoms with Crippen LogP contribution in [0.3, 0.4) is 0 Å². The van der Waals surface area contributed by atoms with Crippen molar-refractivity contribution in [3.63, 3.8) is 0 Å². The SMILES string of the molecule is Cc1nc2c3ccccc3nn2c(C)c1CCC(=O)NCCc1ccccc1F. The van der Waals surface area contributed by atoms with E-state index in [-0.39, 0.29) is 11.7 Å². The summed E-state index contributed by atoms with van der Waals surface area (Å²) in [5, 5.41) is 8.56. The Balaban J connectivity index is 1.43. The summed E-state index contributed by atoms with van der Waals surface area (Å²) in [6.45, 7) is 4.40. The maximum atomic E-state index is 13.6. The molecular formula is C23H23FN4O. The molecule has 6 heteroatoms. The monoisotopic (exact) mass is 390 g/mol. The van der Waals surface area contributed by atoms with Gasteiger partial charge in [0, 0.05) is 29.7 Å². The summed E-state index contributed by atoms with van der Waals surface area (Å²) in [7, 11) is 0. The minimum absolute atomic E-state index is 0.0501. The number of aryl methyl sites for hydroxylation is 2. The van der Waals surface area contributed by atoms with E-state index in [9.17, 15) is 9.18 Å². The molecule has 0 spiro atoms. The lowest BCUT2D eigenvalue weighted by molar-refractivity contribution is -0.121. The van der Waals surface area contributed by atoms with Gasteiger partial charge in [-0.25, -0.2) is 13.9 Å². The van der Waals surface area contributed by atoms with Gasteiger partial charge >= 0.3 is 0 Å². The Labute approximate surface area is 168 Å². The quantitative estimate of drug-likeness (QED) is 0.543. The molecule has 4 rings (SSSR count). The average Bonchev–Trinajstić information content (AvgIpc) is 3.08. The highest BCUT2D eigenvalue weighted by atomic mass is 19.1. The van der Waals surface area contributed by atoms with Crippen molar-refractivity contribution in [2.45, 2.75) is 33.1 Å². The van der Waals surface area contributed by atoms with Crippen molar-refractivity contribution < 1.29 is 9.18 Å². The summed E-state index contributed by atoms with van der Waals surface area (Å²) in [6.07, 6.45) is 1.42. The lowest BCUT2D eigenvalue weighted by atomic mass is 10.1. The summed E-state index contributed by atoms with van der Waals surface area (Å²) >= 11 is 0. The predicted octanol–water partition coefficient (Wildman–Crippen LogP) is 3.93. The number of nitrogens with one attached hydrogen (secondary N) is 1. The Morgan fingerprint density at radius 3 is 2.66 bits per heavy atom. The molecule has 1 N–H and O–H groups in total. The smallest absolute Gasteiger partial charge is 0.220 e. The fourth-order valence-corrected chi connectivity index (χ4v) is 3.70. The van der Waals surface area contributed by atoms with Crippen LogP contribution in [-0.2, 0) is 17.6 Å². The van der Waals surface area contributed by atoms with Crippen molar-refractivity contribution in [1.82, 2.24) is 19.9 Å². The minimum Gasteiger partial charge on any atom is -0.356 e. The summed E-state index contributed by atoms with van der Waals surface area (Å²) in [4.78, 5) is 17.0. The molecule has 0 saturated carbocycles. The van der Waals surface area contributed by atoms with E-state index in [0.717, 1.165) is 33.5 Å². The van der Waals surface area contributed by atoms with Crippen LogP contribution in [0.4, 0.5) is 4.39 Å². The molecule has 4 aromatic rings. The van der Waals surface area contributed by atoms with Crippen LogP contribution in [0.15, 0.2) is 48.5 Å². The highest BCUT2D eigenvalue weighted by molar-refractivity contribution is 5.92. The fourth-order valence-electron chi connectivity index (χ4n) is 3.70. The topological polar surface area (TPSA) is 59.3 Å². The number of carbonyl (C=O) groups excluding carboxylic acids is 1. The first-order chi connectivity index (χ1) is 14.0. The van der Waals surface area contributed by atoms with Gasteiger partial charge in [-0.3, -0.25) is 4.79 Å². The molecule has 29 heavy (non-hydrogen) atoms. The molecule has 148 valence electrons. The Kier molecular flexibility index (Phi) is 5.25. The molecule has 0 aliphatic heterocycles. The molecule has 1 amide bonds. The van der Waals surface area contributed by atoms with E-state index in [1.54, 1.807) is 18.2 Å². The number of fused-ring (bicyclic) bond motifs is 3. The first kappa shape index (κ1) is 19.1. The van der Waals surface area contributed by atoms with Crippen molar-refractivity contribution in [3.8, 4) is 0 Å². The van der Waals surface area contributed by atoms with Gasteiger partial charge in [0.25, 0.3) is 0 Å². The van der Waals surface area contributed by atoms with Crippen LogP contribution in [0.1, 0.15) is 28.9 Å². The standard InChI is InChI=1S/C23H23FN4O/c1-15-18(11-12-22(29)25-14-13-17-7-3-5-9-20(17)24)16(2)28-23(26-15)19-8-4-6-10-21(19)27-28/h3-10H,11-14H2,1-2H3,(H,25,29). The molecular weight excluding hydrogens is 367 g/mol. The van der Waals surface area contributed by atoms with E-state index in [4.69, 9.17) is 4.98 Å². The average molecular weight is 390 g/mol. The largest absolute Gasteiger partial charge is 0.356 e. The van der Waals surface area contributed by atoms with E-state index in [1.807, 2.05) is 42.6 Å². The zero-order valence-corrected chi connectivity index (χ0v) is 16.6. The number of hydrogen-bond donors (Lipinski definition) is 1. The highest BCUT2D eigenvalue weighted by Crippen LogP contribution is 2.22. The van der Waals surface area contributed by atoms with Gasteiger partial charge in [-0.1, -0.05) is 30.3 Å². The van der Waals surface area contributed by atoms with Gasteiger partial charge < -0.3 is 5.32 Å². The molecule has 0 unspecified atom stereocenters. The van der Waals surface area contributed by atoms with Crippen molar-refractivity contribution in [1.29, 1.82) is 0 Å². The van der Waals surface area contributed by atoms with E-state index in [2.05, 4.69) is 10.4 Å². The van der Waals surface area contributed by atoms with Crippen molar-refractivity contribution >= 4 is 22.5 Å². The normalized spacial score (nSPS) is 11.3. The molecule has 0 aliphatic rings. The first-order valence-electron chi connectivity index (χ1n) is 9.78. The Hall–Kier alpha value is -3.28. The van der Waals surface area contributed by atoms with Gasteiger partial charge in [-0.15, -0.1) is 0 Å². The van der Waals surface area contributed by atoms with Crippen LogP contribution in [0.5, 0.6) is 0 Å². The number of benzene rings is 2. The molecule has 0 atom stereocenters. The van der Waals surface area contributed by atoms with Crippen molar-refractivity contribution in [2.75, 3.05) is 6.54 Å². The molecule has 0 radical (unpaired) electrons. The molecule has 0 saturated heterocycles. The number of aromatic nitrogens is 3. The van der Waals surface area contributed by atoms with Crippen molar-refractivity contribution in [3.05, 3.63) is 76.9 Å². The van der Waals surface area contributed by atoms with Crippen LogP contribution in [-0.4, -0.2) is 27.0 Å². The molecule has 2 heterocycles. The van der Waals surface area contributed by atoms with Gasteiger partial charge in [0.2, 0.25) is 5.91 Å². The maximum absolute atomic E-state index is 13.6. The number of carbonyl (C=O) groups is 1. The van der Waals surface area contributed by atoms with E-state index in [1.165, 1.54) is 6.07 Å². The molecule has 0 aliphatic carbocycles. The van der Waals surface area contributed by atoms with E-state index in [0.29, 0.717) is 31.4 Å². The third-order valence-corrected chi connectivity index (χ3v) is 5.29. The maximum Gasteiger partial charge on any atom is 0.220 e. The van der Waals surface area contributed by atoms with Gasteiger partial charge in [0.05, 0.1) is 5.52 Å². The number of rotatable bonds is 6. The van der Waals surface area contributed by atoms with Crippen LogP contribution in [0.25, 0.3) is 16.6 Å². The highest BCUT2D eigenvalue weighted by Gasteiger charge is 2.15. The predicted molar refractivity (Wildman–Crippen MR) is 111 cm³/mol. The van der Waals surface area contributed by atoms with Crippen molar-refractivity contribution in [2.24, 2.45) is 0 Å². The Morgan fingerprint density at radius 1 is 1.07 bits per heavy atom. The zero-order chi connectivity index (χ0) is 20.4. The summed E-state index contributed by atoms with van der Waals surface area (Å²) < 4.78 is 15.5. The van der Waals surface area contributed by atoms with Gasteiger partial charge in [-0.05, 0) is 56.0 Å². The van der Waals surface area contributed by atoms with E-state index < -0.39 is 0 Å². The number of halogens is 1. The third-order valence-electron chi connectivity index (χ3n) is 5.29.